The number of aromatic nitrogens is 3. The summed E-state index contributed by atoms with van der Waals surface area (Å²) in [6.07, 6.45) is -3.12. The molecule has 1 N–H and O–H groups in total. The van der Waals surface area contributed by atoms with Crippen molar-refractivity contribution in [2.24, 2.45) is 0 Å². The average molecular weight is 313 g/mol. The highest BCUT2D eigenvalue weighted by atomic mass is 32.1. The number of aromatic hydroxyl groups is 1. The van der Waals surface area contributed by atoms with Crippen molar-refractivity contribution in [2.75, 3.05) is 0 Å². The van der Waals surface area contributed by atoms with E-state index in [1.165, 1.54) is 12.3 Å². The second-order valence-corrected chi connectivity index (χ2v) is 4.81. The van der Waals surface area contributed by atoms with E-state index < -0.39 is 11.9 Å². The van der Waals surface area contributed by atoms with Crippen LogP contribution >= 0.6 is 11.3 Å². The molecule has 3 rings (SSSR count). The molecule has 0 saturated heterocycles. The molecular weight excluding hydrogens is 307 g/mol. The summed E-state index contributed by atoms with van der Waals surface area (Å²) in [7, 11) is 0. The van der Waals surface area contributed by atoms with Gasteiger partial charge in [-0.15, -0.1) is 11.3 Å². The molecule has 21 heavy (non-hydrogen) atoms. The van der Waals surface area contributed by atoms with E-state index in [0.717, 1.165) is 16.7 Å². The highest BCUT2D eigenvalue weighted by molar-refractivity contribution is 7.13. The summed E-state index contributed by atoms with van der Waals surface area (Å²) < 4.78 is 42.7. The Bertz CT molecular complexity index is 768. The van der Waals surface area contributed by atoms with E-state index in [-0.39, 0.29) is 22.4 Å². The summed E-state index contributed by atoms with van der Waals surface area (Å²) in [6.45, 7) is 0. The lowest BCUT2D eigenvalue weighted by atomic mass is 10.3. The largest absolute Gasteiger partial charge is 0.493 e. The fourth-order valence-electron chi connectivity index (χ4n) is 1.59. The number of halogens is 3. The van der Waals surface area contributed by atoms with Gasteiger partial charge in [-0.3, -0.25) is 0 Å². The first-order valence-corrected chi connectivity index (χ1v) is 6.46. The summed E-state index contributed by atoms with van der Waals surface area (Å²) >= 11 is 0.746. The van der Waals surface area contributed by atoms with Gasteiger partial charge in [-0.25, -0.2) is 9.97 Å². The minimum Gasteiger partial charge on any atom is -0.493 e. The minimum atomic E-state index is -4.53. The lowest BCUT2D eigenvalue weighted by Crippen LogP contribution is -2.05. The van der Waals surface area contributed by atoms with Gasteiger partial charge in [0.15, 0.2) is 22.3 Å². The maximum absolute atomic E-state index is 12.5. The zero-order valence-electron chi connectivity index (χ0n) is 10.1. The zero-order chi connectivity index (χ0) is 15.0. The van der Waals surface area contributed by atoms with Crippen molar-refractivity contribution in [1.29, 1.82) is 0 Å². The Labute approximate surface area is 119 Å². The van der Waals surface area contributed by atoms with Crippen LogP contribution in [0.4, 0.5) is 13.2 Å². The first-order chi connectivity index (χ1) is 9.93. The molecule has 3 aromatic rings. The van der Waals surface area contributed by atoms with Crippen LogP contribution in [0.1, 0.15) is 5.69 Å². The molecular formula is C12H6F3N3O2S. The molecule has 0 aromatic carbocycles. The second kappa shape index (κ2) is 4.85. The molecule has 108 valence electrons. The Morgan fingerprint density at radius 3 is 2.62 bits per heavy atom. The number of furan rings is 1. The smallest absolute Gasteiger partial charge is 0.434 e. The maximum atomic E-state index is 12.5. The number of nitrogens with zero attached hydrogens (tertiary/aromatic N) is 3. The number of alkyl halides is 3. The van der Waals surface area contributed by atoms with E-state index in [0.29, 0.717) is 5.76 Å². The van der Waals surface area contributed by atoms with Crippen molar-refractivity contribution in [2.45, 2.75) is 6.18 Å². The van der Waals surface area contributed by atoms with Crippen LogP contribution in [-0.4, -0.2) is 20.1 Å². The third-order valence-corrected chi connectivity index (χ3v) is 3.31. The molecule has 0 fully saturated rings. The first-order valence-electron chi connectivity index (χ1n) is 5.58. The van der Waals surface area contributed by atoms with Crippen LogP contribution in [0.25, 0.3) is 22.3 Å². The summed E-state index contributed by atoms with van der Waals surface area (Å²) in [5.41, 5.74) is -0.764. The molecule has 0 bridgehead atoms. The van der Waals surface area contributed by atoms with Gasteiger partial charge in [-0.1, -0.05) is 0 Å². The number of hydrogen-bond donors (Lipinski definition) is 1. The van der Waals surface area contributed by atoms with Crippen LogP contribution in [0, 0.1) is 0 Å². The van der Waals surface area contributed by atoms with E-state index >= 15 is 0 Å². The molecule has 0 atom stereocenters. The van der Waals surface area contributed by atoms with Crippen molar-refractivity contribution in [3.05, 3.63) is 35.5 Å². The van der Waals surface area contributed by atoms with Crippen LogP contribution in [0.3, 0.4) is 0 Å². The molecule has 0 aliphatic carbocycles. The lowest BCUT2D eigenvalue weighted by molar-refractivity contribution is -0.140. The van der Waals surface area contributed by atoms with Crippen molar-refractivity contribution in [3.63, 3.8) is 0 Å². The second-order valence-electron chi connectivity index (χ2n) is 3.95. The SMILES string of the molecule is Oc1cc(-c2ccco2)nc(-c2nc(C(F)(F)F)cs2)n1. The van der Waals surface area contributed by atoms with Gasteiger partial charge in [0.1, 0.15) is 5.69 Å². The Morgan fingerprint density at radius 2 is 2.00 bits per heavy atom. The zero-order valence-corrected chi connectivity index (χ0v) is 10.9. The third kappa shape index (κ3) is 2.72. The number of thiazole rings is 1. The summed E-state index contributed by atoms with van der Waals surface area (Å²) in [6, 6.07) is 4.48. The van der Waals surface area contributed by atoms with Gasteiger partial charge in [-0.05, 0) is 12.1 Å². The molecule has 3 aromatic heterocycles. The fraction of sp³-hybridized carbons (Fsp3) is 0.0833. The van der Waals surface area contributed by atoms with Crippen LogP contribution in [-0.2, 0) is 6.18 Å². The summed E-state index contributed by atoms with van der Waals surface area (Å²) in [4.78, 5) is 11.2. The predicted molar refractivity (Wildman–Crippen MR) is 67.5 cm³/mol. The van der Waals surface area contributed by atoms with Crippen molar-refractivity contribution >= 4 is 11.3 Å². The maximum Gasteiger partial charge on any atom is 0.434 e. The van der Waals surface area contributed by atoms with Crippen LogP contribution in [0.15, 0.2) is 34.3 Å². The van der Waals surface area contributed by atoms with E-state index in [1.54, 1.807) is 12.1 Å². The van der Waals surface area contributed by atoms with E-state index in [9.17, 15) is 18.3 Å². The van der Waals surface area contributed by atoms with Gasteiger partial charge in [-0.2, -0.15) is 18.2 Å². The molecule has 0 aliphatic rings. The summed E-state index contributed by atoms with van der Waals surface area (Å²) in [5.74, 6) is -0.112. The van der Waals surface area contributed by atoms with Crippen molar-refractivity contribution in [3.8, 4) is 28.2 Å². The topological polar surface area (TPSA) is 72.0 Å². The third-order valence-electron chi connectivity index (χ3n) is 2.47. The Morgan fingerprint density at radius 1 is 1.19 bits per heavy atom. The Hall–Kier alpha value is -2.42. The predicted octanol–water partition coefficient (Wildman–Crippen LogP) is 3.58. The average Bonchev–Trinajstić information content (AvgIpc) is 3.09. The Balaban J connectivity index is 2.05. The number of rotatable bonds is 2. The highest BCUT2D eigenvalue weighted by Gasteiger charge is 2.34. The van der Waals surface area contributed by atoms with Crippen LogP contribution in [0.2, 0.25) is 0 Å². The van der Waals surface area contributed by atoms with E-state index in [1.807, 2.05) is 0 Å². The van der Waals surface area contributed by atoms with Gasteiger partial charge in [0.25, 0.3) is 0 Å². The molecule has 5 nitrogen and oxygen atoms in total. The van der Waals surface area contributed by atoms with Crippen LogP contribution < -0.4 is 0 Å². The molecule has 0 spiro atoms. The van der Waals surface area contributed by atoms with Crippen LogP contribution in [0.5, 0.6) is 5.88 Å². The van der Waals surface area contributed by atoms with Gasteiger partial charge in [0.2, 0.25) is 5.88 Å². The first kappa shape index (κ1) is 13.6. The van der Waals surface area contributed by atoms with Gasteiger partial charge in [0.05, 0.1) is 6.26 Å². The van der Waals surface area contributed by atoms with Gasteiger partial charge in [0, 0.05) is 11.4 Å². The van der Waals surface area contributed by atoms with E-state index in [2.05, 4.69) is 15.0 Å². The number of hydrogen-bond acceptors (Lipinski definition) is 6. The molecule has 0 radical (unpaired) electrons. The van der Waals surface area contributed by atoms with Crippen molar-refractivity contribution in [1.82, 2.24) is 15.0 Å². The minimum absolute atomic E-state index is 0.0361. The monoisotopic (exact) mass is 313 g/mol. The summed E-state index contributed by atoms with van der Waals surface area (Å²) in [5, 5.41) is 10.4. The quantitative estimate of drug-likeness (QED) is 0.783. The fourth-order valence-corrected chi connectivity index (χ4v) is 2.34. The molecule has 9 heteroatoms. The molecule has 3 heterocycles. The molecule has 0 aliphatic heterocycles. The molecule has 0 unspecified atom stereocenters. The van der Waals surface area contributed by atoms with Gasteiger partial charge < -0.3 is 9.52 Å². The normalized spacial score (nSPS) is 11.8. The highest BCUT2D eigenvalue weighted by Crippen LogP contribution is 2.33. The molecule has 0 amide bonds. The van der Waals surface area contributed by atoms with Gasteiger partial charge >= 0.3 is 6.18 Å². The Kier molecular flexibility index (Phi) is 3.13. The molecule has 0 saturated carbocycles. The van der Waals surface area contributed by atoms with E-state index in [4.69, 9.17) is 4.42 Å². The van der Waals surface area contributed by atoms with Crippen molar-refractivity contribution < 1.29 is 22.7 Å². The standard InChI is InChI=1S/C12H6F3N3O2S/c13-12(14,15)8-5-21-11(17-8)10-16-6(4-9(19)18-10)7-2-1-3-20-7/h1-5H,(H,16,18,19). The lowest BCUT2D eigenvalue weighted by Gasteiger charge is -2.02.